The van der Waals surface area contributed by atoms with Crippen molar-refractivity contribution >= 4 is 34.5 Å². The van der Waals surface area contributed by atoms with Crippen molar-refractivity contribution in [3.63, 3.8) is 0 Å². The lowest BCUT2D eigenvalue weighted by molar-refractivity contribution is -0.120. The number of rotatable bonds is 2. The van der Waals surface area contributed by atoms with E-state index in [9.17, 15) is 9.18 Å². The van der Waals surface area contributed by atoms with Crippen molar-refractivity contribution in [2.45, 2.75) is 33.1 Å². The molecule has 1 aliphatic carbocycles. The van der Waals surface area contributed by atoms with E-state index in [0.29, 0.717) is 23.6 Å². The summed E-state index contributed by atoms with van der Waals surface area (Å²) in [7, 11) is 0. The van der Waals surface area contributed by atoms with Gasteiger partial charge >= 0.3 is 0 Å². The molecule has 0 unspecified atom stereocenters. The Hall–Kier alpha value is -1.82. The first-order chi connectivity index (χ1) is 9.84. The van der Waals surface area contributed by atoms with Gasteiger partial charge in [-0.15, -0.1) is 0 Å². The van der Waals surface area contributed by atoms with Gasteiger partial charge in [0.1, 0.15) is 11.6 Å². The van der Waals surface area contributed by atoms with Gasteiger partial charge < -0.3 is 5.32 Å². The number of benzene rings is 1. The Kier molecular flexibility index (Phi) is 4.67. The Bertz CT molecular complexity index is 581. The smallest absolute Gasteiger partial charge is 0.191 e. The molecule has 0 amide bonds. The van der Waals surface area contributed by atoms with Crippen LogP contribution in [-0.2, 0) is 4.79 Å². The van der Waals surface area contributed by atoms with E-state index in [1.807, 2.05) is 0 Å². The number of hydrogen-bond acceptors (Lipinski definition) is 3. The molecule has 21 heavy (non-hydrogen) atoms. The Balaban J connectivity index is 1.92. The maximum Gasteiger partial charge on any atom is 0.191 e. The SMILES string of the molecule is CC1(C)CC(=O)C/C(=N\NC(=S)Nc2ccc(F)cc2)C1. The molecule has 0 aromatic heterocycles. The number of ketones is 1. The number of carbonyl (C=O) groups excluding carboxylic acids is 1. The number of anilines is 1. The zero-order valence-corrected chi connectivity index (χ0v) is 12.9. The van der Waals surface area contributed by atoms with E-state index in [1.165, 1.54) is 12.1 Å². The van der Waals surface area contributed by atoms with Crippen LogP contribution in [0.4, 0.5) is 10.1 Å². The highest BCUT2D eigenvalue weighted by atomic mass is 32.1. The van der Waals surface area contributed by atoms with Crippen molar-refractivity contribution in [1.29, 1.82) is 0 Å². The summed E-state index contributed by atoms with van der Waals surface area (Å²) in [5.41, 5.74) is 4.16. The molecule has 112 valence electrons. The number of halogens is 1. The lowest BCUT2D eigenvalue weighted by Crippen LogP contribution is -2.32. The summed E-state index contributed by atoms with van der Waals surface area (Å²) in [4.78, 5) is 11.7. The molecule has 1 saturated carbocycles. The molecule has 2 N–H and O–H groups in total. The molecule has 4 nitrogen and oxygen atoms in total. The molecular formula is C15H18FN3OS. The first-order valence-corrected chi connectivity index (χ1v) is 7.15. The molecule has 0 heterocycles. The normalized spacial score (nSPS) is 19.4. The fraction of sp³-hybridized carbons (Fsp3) is 0.400. The van der Waals surface area contributed by atoms with Crippen LogP contribution in [0.5, 0.6) is 0 Å². The number of hydrogen-bond donors (Lipinski definition) is 2. The quantitative estimate of drug-likeness (QED) is 0.650. The second-order valence-corrected chi connectivity index (χ2v) is 6.39. The number of carbonyl (C=O) groups is 1. The zero-order chi connectivity index (χ0) is 15.5. The van der Waals surface area contributed by atoms with E-state index in [0.717, 1.165) is 12.1 Å². The number of nitrogens with one attached hydrogen (secondary N) is 2. The van der Waals surface area contributed by atoms with Crippen molar-refractivity contribution in [2.75, 3.05) is 5.32 Å². The van der Waals surface area contributed by atoms with Crippen molar-refractivity contribution in [1.82, 2.24) is 5.43 Å². The van der Waals surface area contributed by atoms with Crippen LogP contribution < -0.4 is 10.7 Å². The van der Waals surface area contributed by atoms with Crippen LogP contribution in [0.3, 0.4) is 0 Å². The second kappa shape index (κ2) is 6.30. The van der Waals surface area contributed by atoms with Crippen LogP contribution in [0.2, 0.25) is 0 Å². The van der Waals surface area contributed by atoms with E-state index in [-0.39, 0.29) is 17.0 Å². The zero-order valence-electron chi connectivity index (χ0n) is 12.1. The van der Waals surface area contributed by atoms with Gasteiger partial charge in [0, 0.05) is 24.2 Å². The van der Waals surface area contributed by atoms with Crippen molar-refractivity contribution in [2.24, 2.45) is 10.5 Å². The summed E-state index contributed by atoms with van der Waals surface area (Å²) in [6, 6.07) is 5.87. The topological polar surface area (TPSA) is 53.5 Å². The van der Waals surface area contributed by atoms with Gasteiger partial charge in [0.15, 0.2) is 5.11 Å². The minimum absolute atomic E-state index is 0.0537. The average Bonchev–Trinajstić information content (AvgIpc) is 2.37. The molecule has 1 aliphatic rings. The van der Waals surface area contributed by atoms with Crippen molar-refractivity contribution in [3.05, 3.63) is 30.1 Å². The molecule has 2 rings (SSSR count). The summed E-state index contributed by atoms with van der Waals surface area (Å²) in [5.74, 6) is -0.105. The first-order valence-electron chi connectivity index (χ1n) is 6.74. The molecular weight excluding hydrogens is 289 g/mol. The minimum Gasteiger partial charge on any atom is -0.331 e. The third-order valence-electron chi connectivity index (χ3n) is 3.18. The van der Waals surface area contributed by atoms with Crippen LogP contribution >= 0.6 is 12.2 Å². The highest BCUT2D eigenvalue weighted by molar-refractivity contribution is 7.80. The van der Waals surface area contributed by atoms with E-state index in [2.05, 4.69) is 29.7 Å². The van der Waals surface area contributed by atoms with Crippen LogP contribution in [0.1, 0.15) is 33.1 Å². The van der Waals surface area contributed by atoms with Gasteiger partial charge in [0.05, 0.1) is 0 Å². The number of thiocarbonyl (C=S) groups is 1. The second-order valence-electron chi connectivity index (χ2n) is 5.98. The van der Waals surface area contributed by atoms with E-state index in [1.54, 1.807) is 12.1 Å². The molecule has 0 atom stereocenters. The van der Waals surface area contributed by atoms with E-state index >= 15 is 0 Å². The van der Waals surface area contributed by atoms with Crippen LogP contribution in [0, 0.1) is 11.2 Å². The van der Waals surface area contributed by atoms with Gasteiger partial charge in [-0.2, -0.15) is 5.10 Å². The van der Waals surface area contributed by atoms with Crippen LogP contribution in [0.15, 0.2) is 29.4 Å². The summed E-state index contributed by atoms with van der Waals surface area (Å²) in [6.45, 7) is 4.10. The fourth-order valence-corrected chi connectivity index (χ4v) is 2.57. The molecule has 1 aromatic carbocycles. The largest absolute Gasteiger partial charge is 0.331 e. The van der Waals surface area contributed by atoms with Gasteiger partial charge in [0.25, 0.3) is 0 Å². The highest BCUT2D eigenvalue weighted by Gasteiger charge is 2.30. The molecule has 1 aromatic rings. The highest BCUT2D eigenvalue weighted by Crippen LogP contribution is 2.31. The summed E-state index contributed by atoms with van der Waals surface area (Å²) < 4.78 is 12.8. The lowest BCUT2D eigenvalue weighted by atomic mass is 9.76. The van der Waals surface area contributed by atoms with Gasteiger partial charge in [-0.1, -0.05) is 13.8 Å². The molecule has 0 radical (unpaired) electrons. The number of hydrazone groups is 1. The van der Waals surface area contributed by atoms with Crippen molar-refractivity contribution in [3.8, 4) is 0 Å². The molecule has 0 bridgehead atoms. The Labute approximate surface area is 128 Å². The lowest BCUT2D eigenvalue weighted by Gasteiger charge is -2.29. The van der Waals surface area contributed by atoms with E-state index in [4.69, 9.17) is 12.2 Å². The molecule has 1 fully saturated rings. The first kappa shape index (κ1) is 15.6. The number of nitrogens with zero attached hydrogens (tertiary/aromatic N) is 1. The predicted molar refractivity (Wildman–Crippen MR) is 85.8 cm³/mol. The Morgan fingerprint density at radius 3 is 2.57 bits per heavy atom. The maximum absolute atomic E-state index is 12.8. The monoisotopic (exact) mass is 307 g/mol. The maximum atomic E-state index is 12.8. The molecule has 0 aliphatic heterocycles. The Morgan fingerprint density at radius 2 is 1.95 bits per heavy atom. The summed E-state index contributed by atoms with van der Waals surface area (Å²) in [5, 5.41) is 7.42. The molecule has 0 spiro atoms. The van der Waals surface area contributed by atoms with Gasteiger partial charge in [-0.3, -0.25) is 10.2 Å². The number of Topliss-reactive ketones (excluding diaryl/α,β-unsaturated/α-hetero) is 1. The van der Waals surface area contributed by atoms with Crippen LogP contribution in [0.25, 0.3) is 0 Å². The fourth-order valence-electron chi connectivity index (χ4n) is 2.40. The third kappa shape index (κ3) is 4.90. The average molecular weight is 307 g/mol. The Morgan fingerprint density at radius 1 is 1.29 bits per heavy atom. The van der Waals surface area contributed by atoms with Gasteiger partial charge in [-0.25, -0.2) is 4.39 Å². The van der Waals surface area contributed by atoms with Crippen molar-refractivity contribution < 1.29 is 9.18 Å². The molecule has 6 heteroatoms. The van der Waals surface area contributed by atoms with Gasteiger partial charge in [-0.05, 0) is 48.3 Å². The third-order valence-corrected chi connectivity index (χ3v) is 3.37. The standard InChI is InChI=1S/C15H18FN3OS/c1-15(2)8-12(7-13(20)9-15)18-19-14(21)17-11-5-3-10(16)4-6-11/h3-6H,7-9H2,1-2H3,(H2,17,19,21)/b18-12+. The summed E-state index contributed by atoms with van der Waals surface area (Å²) >= 11 is 5.12. The predicted octanol–water partition coefficient (Wildman–Crippen LogP) is 3.25. The molecule has 0 saturated heterocycles. The summed E-state index contributed by atoms with van der Waals surface area (Å²) in [6.07, 6.45) is 1.73. The van der Waals surface area contributed by atoms with Gasteiger partial charge in [0.2, 0.25) is 0 Å². The minimum atomic E-state index is -0.303. The van der Waals surface area contributed by atoms with E-state index < -0.39 is 0 Å². The van der Waals surface area contributed by atoms with Crippen LogP contribution in [-0.4, -0.2) is 16.6 Å².